The highest BCUT2D eigenvalue weighted by Gasteiger charge is 2.40. The Bertz CT molecular complexity index is 252. The molecular formula is C14H24N2O. The molecule has 4 bridgehead atoms. The third-order valence-electron chi connectivity index (χ3n) is 5.54. The summed E-state index contributed by atoms with van der Waals surface area (Å²) in [5, 5.41) is 0. The van der Waals surface area contributed by atoms with E-state index in [1.807, 2.05) is 0 Å². The molecule has 0 aromatic heterocycles. The zero-order valence-electron chi connectivity index (χ0n) is 10.7. The molecule has 0 unspecified atom stereocenters. The summed E-state index contributed by atoms with van der Waals surface area (Å²) in [6.07, 6.45) is 6.64. The SMILES string of the molecule is C1CN2CCC1[C@H](O[C@@H]1CN3CCC1CC3)C2. The fourth-order valence-electron chi connectivity index (χ4n) is 4.35. The molecule has 3 heteroatoms. The van der Waals surface area contributed by atoms with E-state index in [9.17, 15) is 0 Å². The number of rotatable bonds is 2. The van der Waals surface area contributed by atoms with Crippen molar-refractivity contribution in [1.29, 1.82) is 0 Å². The van der Waals surface area contributed by atoms with Gasteiger partial charge in [0.25, 0.3) is 0 Å². The fraction of sp³-hybridized carbons (Fsp3) is 1.00. The summed E-state index contributed by atoms with van der Waals surface area (Å²) < 4.78 is 6.52. The third-order valence-corrected chi connectivity index (χ3v) is 5.54. The van der Waals surface area contributed by atoms with E-state index in [1.54, 1.807) is 0 Å². The van der Waals surface area contributed by atoms with Gasteiger partial charge in [0.1, 0.15) is 0 Å². The lowest BCUT2D eigenvalue weighted by Gasteiger charge is -2.50. The van der Waals surface area contributed by atoms with Crippen molar-refractivity contribution in [3.05, 3.63) is 0 Å². The second-order valence-electron chi connectivity index (χ2n) is 6.49. The smallest absolute Gasteiger partial charge is 0.0735 e. The molecule has 2 atom stereocenters. The van der Waals surface area contributed by atoms with Gasteiger partial charge in [-0.1, -0.05) is 0 Å². The highest BCUT2D eigenvalue weighted by atomic mass is 16.5. The van der Waals surface area contributed by atoms with Gasteiger partial charge in [-0.15, -0.1) is 0 Å². The maximum Gasteiger partial charge on any atom is 0.0735 e. The van der Waals surface area contributed by atoms with Gasteiger partial charge in [-0.25, -0.2) is 0 Å². The minimum atomic E-state index is 0.558. The van der Waals surface area contributed by atoms with Gasteiger partial charge < -0.3 is 14.5 Å². The molecule has 0 amide bonds. The number of ether oxygens (including phenoxy) is 1. The van der Waals surface area contributed by atoms with Crippen LogP contribution < -0.4 is 0 Å². The van der Waals surface area contributed by atoms with Crippen molar-refractivity contribution >= 4 is 0 Å². The van der Waals surface area contributed by atoms with Crippen molar-refractivity contribution in [2.24, 2.45) is 11.8 Å². The predicted molar refractivity (Wildman–Crippen MR) is 67.0 cm³/mol. The minimum absolute atomic E-state index is 0.558. The van der Waals surface area contributed by atoms with Gasteiger partial charge in [0.2, 0.25) is 0 Å². The van der Waals surface area contributed by atoms with Gasteiger partial charge in [-0.2, -0.15) is 0 Å². The van der Waals surface area contributed by atoms with E-state index in [0.29, 0.717) is 12.2 Å². The van der Waals surface area contributed by atoms with Crippen LogP contribution in [0, 0.1) is 11.8 Å². The molecule has 3 nitrogen and oxygen atoms in total. The second kappa shape index (κ2) is 4.22. The van der Waals surface area contributed by atoms with Crippen LogP contribution in [-0.2, 0) is 4.74 Å². The Morgan fingerprint density at radius 2 is 1.06 bits per heavy atom. The van der Waals surface area contributed by atoms with Gasteiger partial charge in [0.05, 0.1) is 12.2 Å². The standard InChI is InChI=1S/C14H24N2O/c1-5-15-6-2-11(1)13(9-15)17-14-10-16-7-3-12(14)4-8-16/h11-14H,1-10H2/t13-,14-/m1/s1. The maximum atomic E-state index is 6.52. The monoisotopic (exact) mass is 236 g/mol. The molecule has 6 aliphatic heterocycles. The first-order valence-corrected chi connectivity index (χ1v) is 7.48. The van der Waals surface area contributed by atoms with Crippen molar-refractivity contribution in [3.63, 3.8) is 0 Å². The van der Waals surface area contributed by atoms with Gasteiger partial charge in [-0.05, 0) is 63.7 Å². The zero-order valence-corrected chi connectivity index (χ0v) is 10.7. The molecule has 6 rings (SSSR count). The molecule has 96 valence electrons. The van der Waals surface area contributed by atoms with E-state index in [1.165, 1.54) is 65.0 Å². The van der Waals surface area contributed by atoms with Crippen LogP contribution in [0.5, 0.6) is 0 Å². The Labute approximate surface area is 104 Å². The van der Waals surface area contributed by atoms with E-state index in [2.05, 4.69) is 9.80 Å². The summed E-state index contributed by atoms with van der Waals surface area (Å²) in [4.78, 5) is 5.21. The van der Waals surface area contributed by atoms with E-state index in [0.717, 1.165) is 11.8 Å². The first-order valence-electron chi connectivity index (χ1n) is 7.48. The quantitative estimate of drug-likeness (QED) is 0.716. The predicted octanol–water partition coefficient (Wildman–Crippen LogP) is 1.19. The van der Waals surface area contributed by atoms with Crippen molar-refractivity contribution in [3.8, 4) is 0 Å². The van der Waals surface area contributed by atoms with Crippen LogP contribution in [0.15, 0.2) is 0 Å². The van der Waals surface area contributed by atoms with E-state index in [4.69, 9.17) is 4.74 Å². The van der Waals surface area contributed by atoms with E-state index >= 15 is 0 Å². The van der Waals surface area contributed by atoms with Crippen molar-refractivity contribution in [2.75, 3.05) is 39.3 Å². The summed E-state index contributed by atoms with van der Waals surface area (Å²) >= 11 is 0. The van der Waals surface area contributed by atoms with Gasteiger partial charge >= 0.3 is 0 Å². The summed E-state index contributed by atoms with van der Waals surface area (Å²) in [6.45, 7) is 7.73. The van der Waals surface area contributed by atoms with E-state index < -0.39 is 0 Å². The number of fused-ring (bicyclic) bond motifs is 6. The van der Waals surface area contributed by atoms with E-state index in [-0.39, 0.29) is 0 Å². The lowest BCUT2D eigenvalue weighted by atomic mass is 9.83. The average molecular weight is 236 g/mol. The molecule has 17 heavy (non-hydrogen) atoms. The molecule has 6 saturated heterocycles. The molecular weight excluding hydrogens is 212 g/mol. The summed E-state index contributed by atoms with van der Waals surface area (Å²) in [5.74, 6) is 1.74. The summed E-state index contributed by atoms with van der Waals surface area (Å²) in [5.41, 5.74) is 0. The van der Waals surface area contributed by atoms with Crippen molar-refractivity contribution < 1.29 is 4.74 Å². The lowest BCUT2D eigenvalue weighted by Crippen LogP contribution is -2.57. The van der Waals surface area contributed by atoms with Crippen molar-refractivity contribution in [1.82, 2.24) is 9.80 Å². The Hall–Kier alpha value is -0.120. The van der Waals surface area contributed by atoms with Crippen LogP contribution in [0.1, 0.15) is 25.7 Å². The molecule has 0 aromatic rings. The number of hydrogen-bond donors (Lipinski definition) is 0. The molecule has 6 heterocycles. The number of hydrogen-bond acceptors (Lipinski definition) is 3. The van der Waals surface area contributed by atoms with Gasteiger partial charge in [0.15, 0.2) is 0 Å². The third kappa shape index (κ3) is 1.92. The molecule has 0 spiro atoms. The van der Waals surface area contributed by atoms with Crippen molar-refractivity contribution in [2.45, 2.75) is 37.9 Å². The Kier molecular flexibility index (Phi) is 2.67. The molecule has 0 N–H and O–H groups in total. The van der Waals surface area contributed by atoms with Gasteiger partial charge in [0, 0.05) is 13.1 Å². The normalized spacial score (nSPS) is 52.9. The largest absolute Gasteiger partial charge is 0.372 e. The van der Waals surface area contributed by atoms with Gasteiger partial charge in [-0.3, -0.25) is 0 Å². The molecule has 6 fully saturated rings. The molecule has 6 aliphatic rings. The minimum Gasteiger partial charge on any atom is -0.372 e. The average Bonchev–Trinajstić information content (AvgIpc) is 2.41. The Morgan fingerprint density at radius 1 is 0.647 bits per heavy atom. The Morgan fingerprint density at radius 3 is 1.35 bits per heavy atom. The first kappa shape index (κ1) is 10.8. The van der Waals surface area contributed by atoms with Crippen LogP contribution in [-0.4, -0.2) is 61.3 Å². The zero-order chi connectivity index (χ0) is 11.2. The number of nitrogens with zero attached hydrogens (tertiary/aromatic N) is 2. The summed E-state index contributed by atoms with van der Waals surface area (Å²) in [7, 11) is 0. The maximum absolute atomic E-state index is 6.52. The highest BCUT2D eigenvalue weighted by Crippen LogP contribution is 2.35. The topological polar surface area (TPSA) is 15.7 Å². The van der Waals surface area contributed by atoms with Crippen LogP contribution in [0.4, 0.5) is 0 Å². The van der Waals surface area contributed by atoms with Crippen LogP contribution in [0.3, 0.4) is 0 Å². The second-order valence-corrected chi connectivity index (χ2v) is 6.49. The fourth-order valence-corrected chi connectivity index (χ4v) is 4.35. The number of piperidine rings is 6. The highest BCUT2D eigenvalue weighted by molar-refractivity contribution is 4.92. The Balaban J connectivity index is 1.41. The first-order chi connectivity index (χ1) is 8.38. The lowest BCUT2D eigenvalue weighted by molar-refractivity contribution is -0.149. The molecule has 0 saturated carbocycles. The van der Waals surface area contributed by atoms with Crippen LogP contribution in [0.25, 0.3) is 0 Å². The molecule has 0 aliphatic carbocycles. The van der Waals surface area contributed by atoms with Crippen LogP contribution >= 0.6 is 0 Å². The summed E-state index contributed by atoms with van der Waals surface area (Å²) in [6, 6.07) is 0. The molecule has 0 aromatic carbocycles. The molecule has 0 radical (unpaired) electrons. The van der Waals surface area contributed by atoms with Crippen LogP contribution in [0.2, 0.25) is 0 Å².